The minimum atomic E-state index is -1.02. The molecule has 19 heavy (non-hydrogen) atoms. The number of benzene rings is 1. The molecule has 1 unspecified atom stereocenters. The van der Waals surface area contributed by atoms with Crippen LogP contribution in [0.15, 0.2) is 24.3 Å². The summed E-state index contributed by atoms with van der Waals surface area (Å²) in [6.07, 6.45) is 0.769. The number of carbonyl (C=O) groups is 2. The van der Waals surface area contributed by atoms with Crippen molar-refractivity contribution in [1.82, 2.24) is 5.32 Å². The van der Waals surface area contributed by atoms with Gasteiger partial charge in [0.1, 0.15) is 0 Å². The molecule has 1 heterocycles. The van der Waals surface area contributed by atoms with Gasteiger partial charge in [-0.2, -0.15) is 0 Å². The van der Waals surface area contributed by atoms with E-state index >= 15 is 0 Å². The van der Waals surface area contributed by atoms with E-state index in [4.69, 9.17) is 0 Å². The number of carbonyl (C=O) groups excluding carboxylic acids is 1. The first-order valence-corrected chi connectivity index (χ1v) is 6.27. The van der Waals surface area contributed by atoms with Crippen LogP contribution in [0, 0.1) is 5.41 Å². The van der Waals surface area contributed by atoms with Crippen LogP contribution < -0.4 is 10.2 Å². The van der Waals surface area contributed by atoms with Gasteiger partial charge in [0, 0.05) is 13.6 Å². The standard InChI is InChI=1S/C14H18N2O3/c1-14(7-8-15-9-14)13(19)16(2)11-6-4-3-5-10(11)12(17)18/h3-6,15H,7-9H2,1-2H3,(H,17,18). The number of hydrogen-bond donors (Lipinski definition) is 2. The van der Waals surface area contributed by atoms with Gasteiger partial charge in [0.05, 0.1) is 16.7 Å². The Morgan fingerprint density at radius 3 is 2.63 bits per heavy atom. The summed E-state index contributed by atoms with van der Waals surface area (Å²) in [5.74, 6) is -1.07. The van der Waals surface area contributed by atoms with Gasteiger partial charge in [-0.05, 0) is 32.0 Å². The van der Waals surface area contributed by atoms with Gasteiger partial charge in [-0.3, -0.25) is 4.79 Å². The fourth-order valence-corrected chi connectivity index (χ4v) is 2.46. The third kappa shape index (κ3) is 2.46. The SMILES string of the molecule is CN(C(=O)C1(C)CCNC1)c1ccccc1C(=O)O. The van der Waals surface area contributed by atoms with Crippen molar-refractivity contribution >= 4 is 17.6 Å². The summed E-state index contributed by atoms with van der Waals surface area (Å²) in [5.41, 5.74) is 0.126. The average Bonchev–Trinajstić information content (AvgIpc) is 2.85. The summed E-state index contributed by atoms with van der Waals surface area (Å²) in [5, 5.41) is 12.3. The lowest BCUT2D eigenvalue weighted by atomic mass is 9.88. The van der Waals surface area contributed by atoms with Crippen molar-refractivity contribution in [3.05, 3.63) is 29.8 Å². The highest BCUT2D eigenvalue weighted by molar-refractivity contribution is 6.03. The molecule has 2 N–H and O–H groups in total. The molecule has 1 fully saturated rings. The van der Waals surface area contributed by atoms with Gasteiger partial charge in [-0.25, -0.2) is 4.79 Å². The minimum absolute atomic E-state index is 0.0498. The predicted octanol–water partition coefficient (Wildman–Crippen LogP) is 1.35. The van der Waals surface area contributed by atoms with Gasteiger partial charge in [0.25, 0.3) is 0 Å². The molecule has 0 saturated carbocycles. The Kier molecular flexibility index (Phi) is 3.57. The number of rotatable bonds is 3. The van der Waals surface area contributed by atoms with Crippen LogP contribution in [-0.4, -0.2) is 37.1 Å². The number of aromatic carboxylic acids is 1. The van der Waals surface area contributed by atoms with Crippen LogP contribution in [-0.2, 0) is 4.79 Å². The van der Waals surface area contributed by atoms with Crippen LogP contribution in [0.2, 0.25) is 0 Å². The maximum absolute atomic E-state index is 12.5. The number of hydrogen-bond acceptors (Lipinski definition) is 3. The van der Waals surface area contributed by atoms with Crippen molar-refractivity contribution in [1.29, 1.82) is 0 Å². The molecule has 0 aliphatic carbocycles. The van der Waals surface area contributed by atoms with Crippen LogP contribution in [0.5, 0.6) is 0 Å². The lowest BCUT2D eigenvalue weighted by Crippen LogP contribution is -2.42. The molecule has 0 radical (unpaired) electrons. The van der Waals surface area contributed by atoms with Crippen molar-refractivity contribution < 1.29 is 14.7 Å². The Morgan fingerprint density at radius 1 is 1.37 bits per heavy atom. The highest BCUT2D eigenvalue weighted by atomic mass is 16.4. The van der Waals surface area contributed by atoms with Crippen molar-refractivity contribution in [3.8, 4) is 0 Å². The van der Waals surface area contributed by atoms with Crippen LogP contribution >= 0.6 is 0 Å². The molecular formula is C14H18N2O3. The van der Waals surface area contributed by atoms with Gasteiger partial charge < -0.3 is 15.3 Å². The van der Waals surface area contributed by atoms with Crippen molar-refractivity contribution in [2.45, 2.75) is 13.3 Å². The van der Waals surface area contributed by atoms with E-state index in [0.717, 1.165) is 13.0 Å². The zero-order chi connectivity index (χ0) is 14.0. The number of amides is 1. The van der Waals surface area contributed by atoms with Gasteiger partial charge in [0.15, 0.2) is 0 Å². The van der Waals surface area contributed by atoms with E-state index in [1.807, 2.05) is 6.92 Å². The molecular weight excluding hydrogens is 244 g/mol. The summed E-state index contributed by atoms with van der Waals surface area (Å²) >= 11 is 0. The van der Waals surface area contributed by atoms with Crippen molar-refractivity contribution in [2.24, 2.45) is 5.41 Å². The second-order valence-electron chi connectivity index (χ2n) is 5.17. The first-order valence-electron chi connectivity index (χ1n) is 6.27. The molecule has 1 saturated heterocycles. The van der Waals surface area contributed by atoms with Gasteiger partial charge in [-0.1, -0.05) is 12.1 Å². The molecule has 102 valence electrons. The van der Waals surface area contributed by atoms with Gasteiger partial charge in [0.2, 0.25) is 5.91 Å². The monoisotopic (exact) mass is 262 g/mol. The number of carboxylic acids is 1. The normalized spacial score (nSPS) is 22.2. The van der Waals surface area contributed by atoms with E-state index in [1.165, 1.54) is 11.0 Å². The average molecular weight is 262 g/mol. The third-order valence-corrected chi connectivity index (χ3v) is 3.69. The molecule has 0 bridgehead atoms. The molecule has 5 nitrogen and oxygen atoms in total. The topological polar surface area (TPSA) is 69.6 Å². The van der Waals surface area contributed by atoms with E-state index in [-0.39, 0.29) is 11.5 Å². The van der Waals surface area contributed by atoms with E-state index in [2.05, 4.69) is 5.32 Å². The zero-order valence-electron chi connectivity index (χ0n) is 11.1. The second kappa shape index (κ2) is 5.01. The highest BCUT2D eigenvalue weighted by Gasteiger charge is 2.39. The van der Waals surface area contributed by atoms with E-state index in [0.29, 0.717) is 12.2 Å². The molecule has 1 aromatic rings. The number of carboxylic acid groups (broad SMARTS) is 1. The summed E-state index contributed by atoms with van der Waals surface area (Å²) < 4.78 is 0. The van der Waals surface area contributed by atoms with Crippen molar-refractivity contribution in [3.63, 3.8) is 0 Å². The van der Waals surface area contributed by atoms with Crippen LogP contribution in [0.1, 0.15) is 23.7 Å². The molecule has 1 aliphatic heterocycles. The summed E-state index contributed by atoms with van der Waals surface area (Å²) in [6.45, 7) is 3.36. The Bertz CT molecular complexity index is 507. The third-order valence-electron chi connectivity index (χ3n) is 3.69. The lowest BCUT2D eigenvalue weighted by Gasteiger charge is -2.29. The summed E-state index contributed by atoms with van der Waals surface area (Å²) in [7, 11) is 1.63. The second-order valence-corrected chi connectivity index (χ2v) is 5.17. The largest absolute Gasteiger partial charge is 0.478 e. The fourth-order valence-electron chi connectivity index (χ4n) is 2.46. The van der Waals surface area contributed by atoms with Gasteiger partial charge in [-0.15, -0.1) is 0 Å². The lowest BCUT2D eigenvalue weighted by molar-refractivity contribution is -0.126. The number of para-hydroxylation sites is 1. The molecule has 1 aromatic carbocycles. The molecule has 1 aliphatic rings. The first-order chi connectivity index (χ1) is 8.96. The van der Waals surface area contributed by atoms with E-state index in [9.17, 15) is 14.7 Å². The van der Waals surface area contributed by atoms with E-state index < -0.39 is 11.4 Å². The molecule has 0 spiro atoms. The summed E-state index contributed by atoms with van der Waals surface area (Å²) in [6, 6.07) is 6.56. The van der Waals surface area contributed by atoms with Crippen LogP contribution in [0.25, 0.3) is 0 Å². The minimum Gasteiger partial charge on any atom is -0.478 e. The molecule has 2 rings (SSSR count). The Balaban J connectivity index is 2.31. The first kappa shape index (κ1) is 13.5. The quantitative estimate of drug-likeness (QED) is 0.862. The fraction of sp³-hybridized carbons (Fsp3) is 0.429. The summed E-state index contributed by atoms with van der Waals surface area (Å²) in [4.78, 5) is 25.2. The predicted molar refractivity (Wildman–Crippen MR) is 72.4 cm³/mol. The number of anilines is 1. The van der Waals surface area contributed by atoms with Gasteiger partial charge >= 0.3 is 5.97 Å². The molecule has 1 atom stereocenters. The van der Waals surface area contributed by atoms with Crippen LogP contribution in [0.3, 0.4) is 0 Å². The van der Waals surface area contributed by atoms with E-state index in [1.54, 1.807) is 25.2 Å². The van der Waals surface area contributed by atoms with Crippen molar-refractivity contribution in [2.75, 3.05) is 25.0 Å². The molecule has 0 aromatic heterocycles. The zero-order valence-corrected chi connectivity index (χ0v) is 11.1. The molecule has 1 amide bonds. The van der Waals surface area contributed by atoms with Crippen LogP contribution in [0.4, 0.5) is 5.69 Å². The number of nitrogens with zero attached hydrogens (tertiary/aromatic N) is 1. The Labute approximate surface area is 112 Å². The molecule has 5 heteroatoms. The maximum Gasteiger partial charge on any atom is 0.337 e. The number of nitrogens with one attached hydrogen (secondary N) is 1. The smallest absolute Gasteiger partial charge is 0.337 e. The maximum atomic E-state index is 12.5. The Hall–Kier alpha value is -1.88. The Morgan fingerprint density at radius 2 is 2.05 bits per heavy atom. The highest BCUT2D eigenvalue weighted by Crippen LogP contribution is 2.30.